The van der Waals surface area contributed by atoms with Gasteiger partial charge in [-0.3, -0.25) is 9.59 Å². The van der Waals surface area contributed by atoms with Crippen LogP contribution in [0.2, 0.25) is 0 Å². The number of carbonyl (C=O) groups is 2. The topological polar surface area (TPSA) is 75.9 Å². The lowest BCUT2D eigenvalue weighted by Gasteiger charge is -2.36. The van der Waals surface area contributed by atoms with Gasteiger partial charge in [0.05, 0.1) is 5.56 Å². The van der Waals surface area contributed by atoms with Gasteiger partial charge in [-0.2, -0.15) is 0 Å². The number of nitrogen functional groups attached to an aromatic ring is 1. The number of para-hydroxylation sites is 1. The van der Waals surface area contributed by atoms with E-state index in [2.05, 4.69) is 6.92 Å². The summed E-state index contributed by atoms with van der Waals surface area (Å²) in [6.07, 6.45) is 0.395. The van der Waals surface area contributed by atoms with E-state index < -0.39 is 6.10 Å². The molecule has 0 bridgehead atoms. The molecule has 2 amide bonds. The van der Waals surface area contributed by atoms with Crippen molar-refractivity contribution in [3.63, 3.8) is 0 Å². The Morgan fingerprint density at radius 2 is 1.61 bits per heavy atom. The highest BCUT2D eigenvalue weighted by atomic mass is 16.5. The van der Waals surface area contributed by atoms with Crippen molar-refractivity contribution in [2.45, 2.75) is 26.4 Å². The number of amides is 2. The van der Waals surface area contributed by atoms with Crippen LogP contribution in [-0.2, 0) is 11.2 Å². The van der Waals surface area contributed by atoms with Gasteiger partial charge in [0.2, 0.25) is 0 Å². The van der Waals surface area contributed by atoms with Gasteiger partial charge in [0.25, 0.3) is 11.8 Å². The summed E-state index contributed by atoms with van der Waals surface area (Å²) in [6, 6.07) is 14.9. The van der Waals surface area contributed by atoms with Gasteiger partial charge in [0.1, 0.15) is 5.75 Å². The van der Waals surface area contributed by atoms with Gasteiger partial charge in [-0.25, -0.2) is 0 Å². The Labute approximate surface area is 165 Å². The smallest absolute Gasteiger partial charge is 0.263 e. The number of aryl methyl sites for hydroxylation is 1. The molecule has 1 saturated heterocycles. The number of hydrogen-bond donors (Lipinski definition) is 1. The summed E-state index contributed by atoms with van der Waals surface area (Å²) in [4.78, 5) is 28.8. The van der Waals surface area contributed by atoms with Gasteiger partial charge in [0.15, 0.2) is 6.10 Å². The zero-order valence-corrected chi connectivity index (χ0v) is 16.4. The van der Waals surface area contributed by atoms with Gasteiger partial charge in [-0.15, -0.1) is 0 Å². The highest BCUT2D eigenvalue weighted by Gasteiger charge is 2.28. The molecule has 0 radical (unpaired) electrons. The number of nitrogens with two attached hydrogens (primary N) is 1. The predicted octanol–water partition coefficient (Wildman–Crippen LogP) is 2.58. The molecule has 2 N–H and O–H groups in total. The van der Waals surface area contributed by atoms with Crippen molar-refractivity contribution >= 4 is 17.5 Å². The SMILES string of the molecule is CCc1ccc(OC(C)C(=O)N2CCN(C(=O)c3ccccc3N)CC2)cc1. The fraction of sp³-hybridized carbons (Fsp3) is 0.364. The average Bonchev–Trinajstić information content (AvgIpc) is 2.73. The normalized spacial score (nSPS) is 15.2. The minimum Gasteiger partial charge on any atom is -0.481 e. The fourth-order valence-electron chi connectivity index (χ4n) is 3.31. The summed E-state index contributed by atoms with van der Waals surface area (Å²) in [5.74, 6) is 0.530. The molecule has 0 spiro atoms. The van der Waals surface area contributed by atoms with Crippen LogP contribution in [0.4, 0.5) is 5.69 Å². The molecule has 0 aromatic heterocycles. The molecule has 1 heterocycles. The van der Waals surface area contributed by atoms with Crippen LogP contribution >= 0.6 is 0 Å². The van der Waals surface area contributed by atoms with Gasteiger partial charge >= 0.3 is 0 Å². The number of rotatable bonds is 5. The van der Waals surface area contributed by atoms with E-state index in [0.29, 0.717) is 43.2 Å². The minimum absolute atomic E-state index is 0.0640. The molecule has 28 heavy (non-hydrogen) atoms. The van der Waals surface area contributed by atoms with Crippen molar-refractivity contribution in [3.05, 3.63) is 59.7 Å². The third-order valence-corrected chi connectivity index (χ3v) is 5.06. The van der Waals surface area contributed by atoms with E-state index in [-0.39, 0.29) is 11.8 Å². The molecule has 148 valence electrons. The molecule has 1 fully saturated rings. The van der Waals surface area contributed by atoms with Crippen LogP contribution in [0, 0.1) is 0 Å². The largest absolute Gasteiger partial charge is 0.481 e. The number of nitrogens with zero attached hydrogens (tertiary/aromatic N) is 2. The summed E-state index contributed by atoms with van der Waals surface area (Å²) < 4.78 is 5.80. The fourth-order valence-corrected chi connectivity index (χ4v) is 3.31. The van der Waals surface area contributed by atoms with Crippen molar-refractivity contribution in [1.82, 2.24) is 9.80 Å². The molecule has 2 aromatic rings. The van der Waals surface area contributed by atoms with E-state index in [4.69, 9.17) is 10.5 Å². The molecule has 6 nitrogen and oxygen atoms in total. The van der Waals surface area contributed by atoms with Gasteiger partial charge < -0.3 is 20.3 Å². The zero-order valence-electron chi connectivity index (χ0n) is 16.4. The molecule has 1 aliphatic heterocycles. The van der Waals surface area contributed by atoms with Crippen molar-refractivity contribution < 1.29 is 14.3 Å². The number of hydrogen-bond acceptors (Lipinski definition) is 4. The number of carbonyl (C=O) groups excluding carboxylic acids is 2. The van der Waals surface area contributed by atoms with Gasteiger partial charge in [0, 0.05) is 31.9 Å². The highest BCUT2D eigenvalue weighted by Crippen LogP contribution is 2.17. The van der Waals surface area contributed by atoms with E-state index in [0.717, 1.165) is 6.42 Å². The first-order chi connectivity index (χ1) is 13.5. The molecule has 0 aliphatic carbocycles. The van der Waals surface area contributed by atoms with E-state index in [1.165, 1.54) is 5.56 Å². The van der Waals surface area contributed by atoms with Crippen LogP contribution in [-0.4, -0.2) is 53.9 Å². The summed E-state index contributed by atoms with van der Waals surface area (Å²) in [5.41, 5.74) is 8.12. The second kappa shape index (κ2) is 8.78. The third kappa shape index (κ3) is 4.44. The molecule has 2 aromatic carbocycles. The molecule has 1 aliphatic rings. The van der Waals surface area contributed by atoms with Crippen LogP contribution in [0.15, 0.2) is 48.5 Å². The lowest BCUT2D eigenvalue weighted by molar-refractivity contribution is -0.139. The maximum Gasteiger partial charge on any atom is 0.263 e. The lowest BCUT2D eigenvalue weighted by atomic mass is 10.1. The van der Waals surface area contributed by atoms with Crippen molar-refractivity contribution in [2.24, 2.45) is 0 Å². The summed E-state index contributed by atoms with van der Waals surface area (Å²) in [6.45, 7) is 5.80. The highest BCUT2D eigenvalue weighted by molar-refractivity contribution is 5.99. The average molecular weight is 381 g/mol. The second-order valence-electron chi connectivity index (χ2n) is 6.96. The van der Waals surface area contributed by atoms with Gasteiger partial charge in [-0.1, -0.05) is 31.2 Å². The molecular weight excluding hydrogens is 354 g/mol. The molecule has 1 atom stereocenters. The van der Waals surface area contributed by atoms with Crippen molar-refractivity contribution in [2.75, 3.05) is 31.9 Å². The zero-order chi connectivity index (χ0) is 20.1. The second-order valence-corrected chi connectivity index (χ2v) is 6.96. The number of benzene rings is 2. The Morgan fingerprint density at radius 3 is 2.21 bits per heavy atom. The lowest BCUT2D eigenvalue weighted by Crippen LogP contribution is -2.53. The molecule has 0 saturated carbocycles. The predicted molar refractivity (Wildman–Crippen MR) is 109 cm³/mol. The Hall–Kier alpha value is -3.02. The number of piperazine rings is 1. The summed E-state index contributed by atoms with van der Waals surface area (Å²) in [7, 11) is 0. The molecule has 1 unspecified atom stereocenters. The quantitative estimate of drug-likeness (QED) is 0.808. The summed E-state index contributed by atoms with van der Waals surface area (Å²) >= 11 is 0. The number of ether oxygens (including phenoxy) is 1. The first-order valence-corrected chi connectivity index (χ1v) is 9.67. The van der Waals surface area contributed by atoms with Crippen LogP contribution in [0.1, 0.15) is 29.8 Å². The third-order valence-electron chi connectivity index (χ3n) is 5.06. The molecular formula is C22H27N3O3. The standard InChI is InChI=1S/C22H27N3O3/c1-3-17-8-10-18(11-9-17)28-16(2)21(26)24-12-14-25(15-13-24)22(27)19-6-4-5-7-20(19)23/h4-11,16H,3,12-15,23H2,1-2H3. The maximum absolute atomic E-state index is 12.7. The van der Waals surface area contributed by atoms with E-state index in [9.17, 15) is 9.59 Å². The van der Waals surface area contributed by atoms with E-state index in [1.54, 1.807) is 41.0 Å². The first-order valence-electron chi connectivity index (χ1n) is 9.67. The Kier molecular flexibility index (Phi) is 6.19. The molecule has 3 rings (SSSR count). The summed E-state index contributed by atoms with van der Waals surface area (Å²) in [5, 5.41) is 0. The van der Waals surface area contributed by atoms with Crippen LogP contribution < -0.4 is 10.5 Å². The number of anilines is 1. The Morgan fingerprint density at radius 1 is 1.00 bits per heavy atom. The van der Waals surface area contributed by atoms with Gasteiger partial charge in [-0.05, 0) is 43.2 Å². The van der Waals surface area contributed by atoms with Crippen molar-refractivity contribution in [1.29, 1.82) is 0 Å². The first kappa shape index (κ1) is 19.7. The minimum atomic E-state index is -0.570. The van der Waals surface area contributed by atoms with Crippen LogP contribution in [0.3, 0.4) is 0 Å². The van der Waals surface area contributed by atoms with Crippen LogP contribution in [0.5, 0.6) is 5.75 Å². The Bertz CT molecular complexity index is 827. The maximum atomic E-state index is 12.7. The van der Waals surface area contributed by atoms with Crippen LogP contribution in [0.25, 0.3) is 0 Å². The Balaban J connectivity index is 1.54. The molecule has 6 heteroatoms. The monoisotopic (exact) mass is 381 g/mol. The van der Waals surface area contributed by atoms with E-state index >= 15 is 0 Å². The van der Waals surface area contributed by atoms with E-state index in [1.807, 2.05) is 24.3 Å². The van der Waals surface area contributed by atoms with Crippen molar-refractivity contribution in [3.8, 4) is 5.75 Å².